The van der Waals surface area contributed by atoms with Gasteiger partial charge in [0.1, 0.15) is 4.91 Å². The molecular formula is C27H24Br2N2O2S. The quantitative estimate of drug-likeness (QED) is 0.334. The van der Waals surface area contributed by atoms with E-state index in [9.17, 15) is 4.79 Å². The van der Waals surface area contributed by atoms with E-state index < -0.39 is 0 Å². The summed E-state index contributed by atoms with van der Waals surface area (Å²) in [6.45, 7) is 4.19. The Morgan fingerprint density at radius 3 is 2.47 bits per heavy atom. The smallest absolute Gasteiger partial charge is 0.346 e. The molecule has 3 aliphatic rings. The summed E-state index contributed by atoms with van der Waals surface area (Å²) in [5, 5.41) is 0.843. The van der Waals surface area contributed by atoms with Crippen molar-refractivity contribution in [3.8, 4) is 0 Å². The van der Waals surface area contributed by atoms with Crippen molar-refractivity contribution in [1.82, 2.24) is 4.90 Å². The number of fused-ring (bicyclic) bond motifs is 1. The van der Waals surface area contributed by atoms with Crippen LogP contribution in [0.25, 0.3) is 6.08 Å². The van der Waals surface area contributed by atoms with Gasteiger partial charge in [-0.15, -0.1) is 0 Å². The molecule has 0 bridgehead atoms. The first kappa shape index (κ1) is 23.6. The topological polar surface area (TPSA) is 41.9 Å². The summed E-state index contributed by atoms with van der Waals surface area (Å²) in [5.74, 6) is -0.278. The van der Waals surface area contributed by atoms with Crippen molar-refractivity contribution >= 4 is 60.8 Å². The molecule has 0 N–H and O–H groups in total. The van der Waals surface area contributed by atoms with Crippen LogP contribution in [0.3, 0.4) is 0 Å². The van der Waals surface area contributed by atoms with Crippen molar-refractivity contribution in [3.05, 3.63) is 96.0 Å². The fourth-order valence-corrected chi connectivity index (χ4v) is 6.28. The van der Waals surface area contributed by atoms with Gasteiger partial charge >= 0.3 is 5.97 Å². The summed E-state index contributed by atoms with van der Waals surface area (Å²) in [7, 11) is 0. The number of thioether (sulfide) groups is 1. The highest BCUT2D eigenvalue weighted by molar-refractivity contribution is 9.10. The van der Waals surface area contributed by atoms with Gasteiger partial charge in [0.05, 0.1) is 18.3 Å². The van der Waals surface area contributed by atoms with Gasteiger partial charge in [0.15, 0.2) is 5.17 Å². The Hall–Kier alpha value is -2.09. The van der Waals surface area contributed by atoms with E-state index >= 15 is 0 Å². The highest BCUT2D eigenvalue weighted by Crippen LogP contribution is 2.51. The molecule has 0 saturated carbocycles. The molecule has 1 atom stereocenters. The number of hydrogen-bond acceptors (Lipinski definition) is 5. The molecule has 2 aliphatic heterocycles. The third-order valence-corrected chi connectivity index (χ3v) is 8.44. The summed E-state index contributed by atoms with van der Waals surface area (Å²) in [6.07, 6.45) is 5.30. The molecule has 2 aromatic carbocycles. The molecule has 0 amide bonds. The molecule has 4 nitrogen and oxygen atoms in total. The molecule has 1 aliphatic carbocycles. The lowest BCUT2D eigenvalue weighted by Crippen LogP contribution is -2.34. The first-order valence-electron chi connectivity index (χ1n) is 11.3. The zero-order valence-corrected chi connectivity index (χ0v) is 23.0. The van der Waals surface area contributed by atoms with Crippen molar-refractivity contribution in [2.24, 2.45) is 4.99 Å². The van der Waals surface area contributed by atoms with E-state index in [-0.39, 0.29) is 12.0 Å². The largest absolute Gasteiger partial charge is 0.462 e. The van der Waals surface area contributed by atoms with Gasteiger partial charge in [-0.2, -0.15) is 0 Å². The molecule has 1 unspecified atom stereocenters. The van der Waals surface area contributed by atoms with E-state index in [1.807, 2.05) is 13.8 Å². The molecule has 0 aromatic heterocycles. The lowest BCUT2D eigenvalue weighted by atomic mass is 9.83. The zero-order valence-electron chi connectivity index (χ0n) is 19.0. The summed E-state index contributed by atoms with van der Waals surface area (Å²) in [6, 6.07) is 16.9. The van der Waals surface area contributed by atoms with E-state index in [2.05, 4.69) is 91.4 Å². The molecule has 2 aromatic rings. The van der Waals surface area contributed by atoms with Crippen LogP contribution in [-0.2, 0) is 9.53 Å². The first-order chi connectivity index (χ1) is 16.5. The van der Waals surface area contributed by atoms with Crippen LogP contribution in [0.5, 0.6) is 0 Å². The molecule has 5 rings (SSSR count). The van der Waals surface area contributed by atoms with Crippen LogP contribution >= 0.6 is 43.6 Å². The summed E-state index contributed by atoms with van der Waals surface area (Å²) < 4.78 is 7.47. The minimum Gasteiger partial charge on any atom is -0.462 e. The maximum absolute atomic E-state index is 12.7. The van der Waals surface area contributed by atoms with Gasteiger partial charge in [-0.05, 0) is 97.5 Å². The van der Waals surface area contributed by atoms with Crippen LogP contribution in [0.1, 0.15) is 50.3 Å². The normalized spacial score (nSPS) is 20.9. The van der Waals surface area contributed by atoms with E-state index in [1.54, 1.807) is 0 Å². The van der Waals surface area contributed by atoms with Gasteiger partial charge in [-0.3, -0.25) is 0 Å². The summed E-state index contributed by atoms with van der Waals surface area (Å²) in [4.78, 5) is 20.7. The fraction of sp³-hybridized carbons (Fsp3) is 0.259. The van der Waals surface area contributed by atoms with Crippen molar-refractivity contribution < 1.29 is 9.53 Å². The van der Waals surface area contributed by atoms with Gasteiger partial charge in [0.2, 0.25) is 0 Å². The second kappa shape index (κ2) is 9.88. The number of amidine groups is 1. The van der Waals surface area contributed by atoms with Crippen LogP contribution in [0.15, 0.2) is 89.9 Å². The number of esters is 1. The Kier molecular flexibility index (Phi) is 6.87. The molecular weight excluding hydrogens is 576 g/mol. The highest BCUT2D eigenvalue weighted by atomic mass is 79.9. The van der Waals surface area contributed by atoms with E-state index in [0.717, 1.165) is 50.3 Å². The number of rotatable bonds is 4. The van der Waals surface area contributed by atoms with Crippen LogP contribution in [0, 0.1) is 0 Å². The van der Waals surface area contributed by atoms with Gasteiger partial charge < -0.3 is 9.64 Å². The number of halogens is 2. The number of carbonyl (C=O) groups is 1. The molecule has 34 heavy (non-hydrogen) atoms. The second-order valence-electron chi connectivity index (χ2n) is 8.40. The van der Waals surface area contributed by atoms with Crippen molar-refractivity contribution in [1.29, 1.82) is 0 Å². The number of benzene rings is 2. The Morgan fingerprint density at radius 2 is 1.79 bits per heavy atom. The predicted molar refractivity (Wildman–Crippen MR) is 146 cm³/mol. The SMILES string of the molecule is CCOC(=O)C1=C(C)N2C(=NC3=C(CCC/C3=C/c3ccc(Br)cc3)C2c2ccc(Br)cc2)S1. The maximum atomic E-state index is 12.7. The van der Waals surface area contributed by atoms with E-state index in [1.165, 1.54) is 28.5 Å². The number of ether oxygens (including phenoxy) is 1. The molecule has 0 spiro atoms. The third-order valence-electron chi connectivity index (χ3n) is 6.24. The summed E-state index contributed by atoms with van der Waals surface area (Å²) >= 11 is 8.51. The third kappa shape index (κ3) is 4.45. The van der Waals surface area contributed by atoms with Crippen LogP contribution < -0.4 is 0 Å². The molecule has 2 heterocycles. The minimum atomic E-state index is -0.278. The van der Waals surface area contributed by atoms with E-state index in [4.69, 9.17) is 9.73 Å². The van der Waals surface area contributed by atoms with Crippen LogP contribution in [0.4, 0.5) is 0 Å². The number of hydrogen-bond donors (Lipinski definition) is 0. The zero-order chi connectivity index (χ0) is 23.8. The molecule has 0 fully saturated rings. The van der Waals surface area contributed by atoms with Crippen molar-refractivity contribution in [2.45, 2.75) is 39.2 Å². The van der Waals surface area contributed by atoms with Crippen LogP contribution in [-0.4, -0.2) is 22.6 Å². The van der Waals surface area contributed by atoms with Crippen LogP contribution in [0.2, 0.25) is 0 Å². The lowest BCUT2D eigenvalue weighted by molar-refractivity contribution is -0.137. The lowest BCUT2D eigenvalue weighted by Gasteiger charge is -2.39. The molecule has 174 valence electrons. The number of aliphatic imine (C=N–C) groups is 1. The number of nitrogens with zero attached hydrogens (tertiary/aromatic N) is 2. The van der Waals surface area contributed by atoms with E-state index in [0.29, 0.717) is 11.5 Å². The Morgan fingerprint density at radius 1 is 1.12 bits per heavy atom. The molecule has 0 radical (unpaired) electrons. The van der Waals surface area contributed by atoms with Crippen molar-refractivity contribution in [3.63, 3.8) is 0 Å². The molecule has 0 saturated heterocycles. The van der Waals surface area contributed by atoms with Crippen molar-refractivity contribution in [2.75, 3.05) is 6.61 Å². The number of allylic oxidation sites excluding steroid dienone is 2. The first-order valence-corrected chi connectivity index (χ1v) is 13.7. The van der Waals surface area contributed by atoms with Gasteiger partial charge in [0, 0.05) is 14.6 Å². The monoisotopic (exact) mass is 598 g/mol. The number of carbonyl (C=O) groups excluding carboxylic acids is 1. The maximum Gasteiger partial charge on any atom is 0.346 e. The highest BCUT2D eigenvalue weighted by Gasteiger charge is 2.42. The standard InChI is InChI=1S/C27H24Br2N2O2S/c1-3-33-26(32)25-16(2)31-24(18-9-13-21(29)14-10-18)22-6-4-5-19(23(22)30-27(31)34-25)15-17-7-11-20(28)12-8-17/h7-15,24H,3-6H2,1-2H3/b19-15-. The molecule has 7 heteroatoms. The van der Waals surface area contributed by atoms with Gasteiger partial charge in [0.25, 0.3) is 0 Å². The Bertz CT molecular complexity index is 1260. The van der Waals surface area contributed by atoms with Gasteiger partial charge in [-0.1, -0.05) is 56.1 Å². The second-order valence-corrected chi connectivity index (χ2v) is 11.2. The summed E-state index contributed by atoms with van der Waals surface area (Å²) in [5.41, 5.74) is 6.89. The fourth-order valence-electron chi connectivity index (χ4n) is 4.70. The predicted octanol–water partition coefficient (Wildman–Crippen LogP) is 7.99. The average Bonchev–Trinajstić information content (AvgIpc) is 3.16. The Balaban J connectivity index is 1.64. The van der Waals surface area contributed by atoms with Gasteiger partial charge in [-0.25, -0.2) is 9.79 Å². The average molecular weight is 600 g/mol. The Labute approximate surface area is 221 Å². The minimum absolute atomic E-state index is 0.00337.